The first-order chi connectivity index (χ1) is 8.83. The second-order valence-electron chi connectivity index (χ2n) is 4.19. The quantitative estimate of drug-likeness (QED) is 0.680. The van der Waals surface area contributed by atoms with E-state index in [1.165, 1.54) is 23.1 Å². The van der Waals surface area contributed by atoms with Crippen LogP contribution in [0.25, 0.3) is 22.6 Å². The fraction of sp³-hybridized carbons (Fsp3) is 0.0667. The van der Waals surface area contributed by atoms with Crippen molar-refractivity contribution in [3.63, 3.8) is 0 Å². The smallest absolute Gasteiger partial charge is 0.247 e. The molecule has 3 rings (SSSR count). The summed E-state index contributed by atoms with van der Waals surface area (Å²) < 4.78 is 5.16. The van der Waals surface area contributed by atoms with Gasteiger partial charge in [-0.15, -0.1) is 10.2 Å². The molecule has 1 heterocycles. The molecule has 0 aliphatic heterocycles. The highest BCUT2D eigenvalue weighted by molar-refractivity contribution is 5.67. The molecule has 0 atom stereocenters. The van der Waals surface area contributed by atoms with Gasteiger partial charge in [-0.05, 0) is 30.2 Å². The fourth-order valence-electron chi connectivity index (χ4n) is 1.85. The van der Waals surface area contributed by atoms with Gasteiger partial charge in [-0.25, -0.2) is 0 Å². The van der Waals surface area contributed by atoms with Gasteiger partial charge in [0.2, 0.25) is 12.3 Å². The lowest BCUT2D eigenvalue weighted by atomic mass is 10.0. The summed E-state index contributed by atoms with van der Waals surface area (Å²) in [6.07, 6.45) is 1.34. The van der Waals surface area contributed by atoms with Crippen LogP contribution in [0, 0.1) is 6.92 Å². The maximum Gasteiger partial charge on any atom is 0.247 e. The van der Waals surface area contributed by atoms with Gasteiger partial charge in [-0.3, -0.25) is 0 Å². The molecule has 0 bridgehead atoms. The Hall–Kier alpha value is -2.42. The van der Waals surface area contributed by atoms with Gasteiger partial charge in [0.1, 0.15) is 0 Å². The van der Waals surface area contributed by atoms with Crippen LogP contribution in [0.5, 0.6) is 0 Å². The number of nitrogens with zero attached hydrogens (tertiary/aromatic N) is 2. The summed E-state index contributed by atoms with van der Waals surface area (Å²) in [5.41, 5.74) is 4.58. The minimum absolute atomic E-state index is 0.547. The largest absolute Gasteiger partial charge is 0.423 e. The van der Waals surface area contributed by atoms with E-state index in [1.54, 1.807) is 0 Å². The van der Waals surface area contributed by atoms with Crippen LogP contribution in [0.4, 0.5) is 0 Å². The molecular weight excluding hydrogens is 224 g/mol. The van der Waals surface area contributed by atoms with E-state index < -0.39 is 0 Å². The number of hydrogen-bond donors (Lipinski definition) is 0. The number of benzene rings is 2. The molecule has 3 nitrogen and oxygen atoms in total. The normalized spacial score (nSPS) is 10.5. The van der Waals surface area contributed by atoms with Crippen molar-refractivity contribution >= 4 is 0 Å². The monoisotopic (exact) mass is 236 g/mol. The average molecular weight is 236 g/mol. The predicted molar refractivity (Wildman–Crippen MR) is 69.9 cm³/mol. The fourth-order valence-corrected chi connectivity index (χ4v) is 1.85. The predicted octanol–water partition coefficient (Wildman–Crippen LogP) is 3.71. The minimum Gasteiger partial charge on any atom is -0.423 e. The van der Waals surface area contributed by atoms with Gasteiger partial charge in [0.15, 0.2) is 0 Å². The Morgan fingerprint density at radius 1 is 0.778 bits per heavy atom. The van der Waals surface area contributed by atoms with Gasteiger partial charge >= 0.3 is 0 Å². The summed E-state index contributed by atoms with van der Waals surface area (Å²) in [7, 11) is 0. The van der Waals surface area contributed by atoms with Crippen molar-refractivity contribution in [2.75, 3.05) is 0 Å². The highest BCUT2D eigenvalue weighted by atomic mass is 16.4. The summed E-state index contributed by atoms with van der Waals surface area (Å²) in [5.74, 6) is 0.547. The molecule has 0 radical (unpaired) electrons. The van der Waals surface area contributed by atoms with Gasteiger partial charge in [0, 0.05) is 5.56 Å². The Labute approximate surface area is 105 Å². The zero-order valence-electron chi connectivity index (χ0n) is 10.00. The molecule has 0 unspecified atom stereocenters. The van der Waals surface area contributed by atoms with E-state index in [1.807, 2.05) is 12.1 Å². The molecule has 0 fully saturated rings. The van der Waals surface area contributed by atoms with Crippen LogP contribution in [0.15, 0.2) is 59.3 Å². The van der Waals surface area contributed by atoms with E-state index in [4.69, 9.17) is 4.42 Å². The molecular formula is C15H12N2O. The second-order valence-corrected chi connectivity index (χ2v) is 4.19. The van der Waals surface area contributed by atoms with Gasteiger partial charge in [-0.1, -0.05) is 42.0 Å². The molecule has 0 spiro atoms. The molecule has 0 saturated heterocycles. The standard InChI is InChI=1S/C15H12N2O/c1-11-2-4-12(5-3-11)13-6-8-14(9-7-13)15-17-16-10-18-15/h2-10H,1H3. The maximum absolute atomic E-state index is 5.16. The zero-order chi connectivity index (χ0) is 12.4. The van der Waals surface area contributed by atoms with Crippen LogP contribution in [0.3, 0.4) is 0 Å². The van der Waals surface area contributed by atoms with Gasteiger partial charge in [0.25, 0.3) is 0 Å². The Morgan fingerprint density at radius 3 is 1.89 bits per heavy atom. The summed E-state index contributed by atoms with van der Waals surface area (Å²) in [6.45, 7) is 2.09. The van der Waals surface area contributed by atoms with E-state index in [-0.39, 0.29) is 0 Å². The Balaban J connectivity index is 1.94. The molecule has 0 saturated carbocycles. The first kappa shape index (κ1) is 10.7. The van der Waals surface area contributed by atoms with Gasteiger partial charge in [-0.2, -0.15) is 0 Å². The van der Waals surface area contributed by atoms with E-state index in [9.17, 15) is 0 Å². The van der Waals surface area contributed by atoms with Crippen molar-refractivity contribution in [2.24, 2.45) is 0 Å². The number of hydrogen-bond acceptors (Lipinski definition) is 3. The first-order valence-corrected chi connectivity index (χ1v) is 5.76. The minimum atomic E-state index is 0.547. The van der Waals surface area contributed by atoms with Crippen LogP contribution in [-0.2, 0) is 0 Å². The Bertz CT molecular complexity index is 625. The summed E-state index contributed by atoms with van der Waals surface area (Å²) in [4.78, 5) is 0. The van der Waals surface area contributed by atoms with Crippen molar-refractivity contribution in [2.45, 2.75) is 6.92 Å². The molecule has 3 heteroatoms. The summed E-state index contributed by atoms with van der Waals surface area (Å²) in [6, 6.07) is 16.6. The highest BCUT2D eigenvalue weighted by Gasteiger charge is 2.03. The van der Waals surface area contributed by atoms with Crippen molar-refractivity contribution in [3.8, 4) is 22.6 Å². The van der Waals surface area contributed by atoms with E-state index >= 15 is 0 Å². The molecule has 3 aromatic rings. The van der Waals surface area contributed by atoms with Crippen LogP contribution < -0.4 is 0 Å². The summed E-state index contributed by atoms with van der Waals surface area (Å²) >= 11 is 0. The van der Waals surface area contributed by atoms with Gasteiger partial charge in [0.05, 0.1) is 0 Å². The van der Waals surface area contributed by atoms with Crippen molar-refractivity contribution < 1.29 is 4.42 Å². The van der Waals surface area contributed by atoms with E-state index in [2.05, 4.69) is 53.5 Å². The zero-order valence-corrected chi connectivity index (χ0v) is 10.00. The number of aryl methyl sites for hydroxylation is 1. The first-order valence-electron chi connectivity index (χ1n) is 5.76. The second kappa shape index (κ2) is 4.45. The Morgan fingerprint density at radius 2 is 1.33 bits per heavy atom. The van der Waals surface area contributed by atoms with E-state index in [0.717, 1.165) is 5.56 Å². The Kier molecular flexibility index (Phi) is 2.65. The average Bonchev–Trinajstić information content (AvgIpc) is 2.94. The third kappa shape index (κ3) is 2.02. The third-order valence-corrected chi connectivity index (χ3v) is 2.88. The summed E-state index contributed by atoms with van der Waals surface area (Å²) in [5, 5.41) is 7.56. The number of aromatic nitrogens is 2. The number of rotatable bonds is 2. The molecule has 0 amide bonds. The lowest BCUT2D eigenvalue weighted by Crippen LogP contribution is -1.81. The molecule has 0 aliphatic carbocycles. The molecule has 0 aliphatic rings. The molecule has 18 heavy (non-hydrogen) atoms. The maximum atomic E-state index is 5.16. The SMILES string of the molecule is Cc1ccc(-c2ccc(-c3nnco3)cc2)cc1. The highest BCUT2D eigenvalue weighted by Crippen LogP contribution is 2.23. The molecule has 2 aromatic carbocycles. The van der Waals surface area contributed by atoms with E-state index in [0.29, 0.717) is 5.89 Å². The molecule has 88 valence electrons. The lowest BCUT2D eigenvalue weighted by Gasteiger charge is -2.03. The topological polar surface area (TPSA) is 38.9 Å². The third-order valence-electron chi connectivity index (χ3n) is 2.88. The van der Waals surface area contributed by atoms with Gasteiger partial charge < -0.3 is 4.42 Å². The van der Waals surface area contributed by atoms with Crippen LogP contribution >= 0.6 is 0 Å². The lowest BCUT2D eigenvalue weighted by molar-refractivity contribution is 0.568. The molecule has 0 N–H and O–H groups in total. The van der Waals surface area contributed by atoms with Crippen LogP contribution in [0.2, 0.25) is 0 Å². The van der Waals surface area contributed by atoms with Crippen molar-refractivity contribution in [3.05, 3.63) is 60.5 Å². The van der Waals surface area contributed by atoms with Crippen LogP contribution in [-0.4, -0.2) is 10.2 Å². The van der Waals surface area contributed by atoms with Crippen LogP contribution in [0.1, 0.15) is 5.56 Å². The molecule has 1 aromatic heterocycles. The van der Waals surface area contributed by atoms with Crippen molar-refractivity contribution in [1.29, 1.82) is 0 Å². The van der Waals surface area contributed by atoms with Crippen molar-refractivity contribution in [1.82, 2.24) is 10.2 Å².